The predicted molar refractivity (Wildman–Crippen MR) is 97.7 cm³/mol. The Hall–Kier alpha value is -1.59. The highest BCUT2D eigenvalue weighted by molar-refractivity contribution is 7.81. The van der Waals surface area contributed by atoms with E-state index in [0.29, 0.717) is 0 Å². The normalized spacial score (nSPS) is 11.9. The fourth-order valence-electron chi connectivity index (χ4n) is 2.53. The van der Waals surface area contributed by atoms with E-state index in [9.17, 15) is 4.57 Å². The highest BCUT2D eigenvalue weighted by Gasteiger charge is 2.23. The van der Waals surface area contributed by atoms with Gasteiger partial charge in [-0.25, -0.2) is 0 Å². The van der Waals surface area contributed by atoms with Crippen LogP contribution in [0.4, 0.5) is 0 Å². The van der Waals surface area contributed by atoms with Gasteiger partial charge in [0.1, 0.15) is 0 Å². The second-order valence-corrected chi connectivity index (χ2v) is 8.21. The lowest BCUT2D eigenvalue weighted by Gasteiger charge is -2.15. The van der Waals surface area contributed by atoms with Crippen LogP contribution in [-0.4, -0.2) is 0 Å². The first kappa shape index (κ1) is 16.8. The van der Waals surface area contributed by atoms with Crippen LogP contribution in [0.15, 0.2) is 72.6 Å². The van der Waals surface area contributed by atoms with Gasteiger partial charge in [-0.3, -0.25) is 0 Å². The highest BCUT2D eigenvalue weighted by atomic mass is 31.2. The van der Waals surface area contributed by atoms with Crippen molar-refractivity contribution in [2.75, 3.05) is 0 Å². The molecule has 0 fully saturated rings. The molecule has 0 saturated heterocycles. The van der Waals surface area contributed by atoms with Gasteiger partial charge >= 0.3 is 0 Å². The quantitative estimate of drug-likeness (QED) is 0.465. The number of benzene rings is 2. The maximum atomic E-state index is 13.6. The first-order chi connectivity index (χ1) is 10.8. The summed E-state index contributed by atoms with van der Waals surface area (Å²) in [7, 11) is -2.66. The number of hydrogen-bond acceptors (Lipinski definition) is 1. The van der Waals surface area contributed by atoms with E-state index in [-0.39, 0.29) is 0 Å². The smallest absolute Gasteiger partial charge is 0.163 e. The third-order valence-corrected chi connectivity index (χ3v) is 6.58. The standard InChI is InChI=1S/C20H25OP/c1-2-3-4-5-6-13-18-22(21,19-14-9-7-10-15-19)20-16-11-8-12-17-20/h7-18H,2-6H2,1H3. The average molecular weight is 312 g/mol. The molecule has 0 radical (unpaired) electrons. The van der Waals surface area contributed by atoms with Crippen molar-refractivity contribution < 1.29 is 4.57 Å². The van der Waals surface area contributed by atoms with Crippen molar-refractivity contribution in [2.24, 2.45) is 0 Å². The number of hydrogen-bond donors (Lipinski definition) is 0. The molecule has 0 N–H and O–H groups in total. The van der Waals surface area contributed by atoms with E-state index in [1.807, 2.05) is 66.5 Å². The molecule has 0 unspecified atom stereocenters. The van der Waals surface area contributed by atoms with Gasteiger partial charge in [0.2, 0.25) is 0 Å². The van der Waals surface area contributed by atoms with E-state index in [0.717, 1.165) is 17.0 Å². The van der Waals surface area contributed by atoms with Gasteiger partial charge in [0.05, 0.1) is 0 Å². The van der Waals surface area contributed by atoms with Crippen molar-refractivity contribution in [3.63, 3.8) is 0 Å². The van der Waals surface area contributed by atoms with E-state index in [1.165, 1.54) is 25.7 Å². The molecule has 0 aromatic heterocycles. The predicted octanol–water partition coefficient (Wildman–Crippen LogP) is 5.48. The summed E-state index contributed by atoms with van der Waals surface area (Å²) >= 11 is 0. The van der Waals surface area contributed by atoms with E-state index in [4.69, 9.17) is 0 Å². The van der Waals surface area contributed by atoms with Crippen molar-refractivity contribution in [3.05, 3.63) is 72.6 Å². The van der Waals surface area contributed by atoms with Crippen LogP contribution in [0, 0.1) is 0 Å². The molecular formula is C20H25OP. The van der Waals surface area contributed by atoms with Crippen molar-refractivity contribution in [3.8, 4) is 0 Å². The van der Waals surface area contributed by atoms with Crippen LogP contribution in [0.5, 0.6) is 0 Å². The van der Waals surface area contributed by atoms with Crippen LogP contribution in [-0.2, 0) is 4.57 Å². The summed E-state index contributed by atoms with van der Waals surface area (Å²) in [6, 6.07) is 19.6. The van der Waals surface area contributed by atoms with Gasteiger partial charge in [-0.15, -0.1) is 0 Å². The van der Waals surface area contributed by atoms with Crippen LogP contribution in [0.2, 0.25) is 0 Å². The molecule has 2 heteroatoms. The molecule has 0 saturated carbocycles. The molecule has 0 spiro atoms. The lowest BCUT2D eigenvalue weighted by atomic mass is 10.2. The topological polar surface area (TPSA) is 17.1 Å². The van der Waals surface area contributed by atoms with Crippen LogP contribution in [0.3, 0.4) is 0 Å². The lowest BCUT2D eigenvalue weighted by molar-refractivity contribution is 0.592. The van der Waals surface area contributed by atoms with E-state index in [1.54, 1.807) is 0 Å². The molecule has 2 aromatic rings. The zero-order chi connectivity index (χ0) is 15.7. The van der Waals surface area contributed by atoms with Gasteiger partial charge < -0.3 is 4.57 Å². The van der Waals surface area contributed by atoms with Gasteiger partial charge in [-0.05, 0) is 18.7 Å². The van der Waals surface area contributed by atoms with Crippen molar-refractivity contribution >= 4 is 17.8 Å². The third-order valence-electron chi connectivity index (χ3n) is 3.82. The van der Waals surface area contributed by atoms with E-state index in [2.05, 4.69) is 13.0 Å². The minimum atomic E-state index is -2.66. The zero-order valence-electron chi connectivity index (χ0n) is 13.3. The van der Waals surface area contributed by atoms with Gasteiger partial charge in [-0.1, -0.05) is 92.9 Å². The first-order valence-electron chi connectivity index (χ1n) is 8.16. The Balaban J connectivity index is 2.20. The van der Waals surface area contributed by atoms with Crippen LogP contribution in [0.25, 0.3) is 0 Å². The minimum Gasteiger partial charge on any atom is -0.309 e. The summed E-state index contributed by atoms with van der Waals surface area (Å²) in [6.45, 7) is 2.22. The molecule has 0 aliphatic rings. The van der Waals surface area contributed by atoms with Crippen LogP contribution in [0.1, 0.15) is 39.0 Å². The number of rotatable bonds is 8. The molecule has 0 aliphatic heterocycles. The van der Waals surface area contributed by atoms with Gasteiger partial charge in [0, 0.05) is 10.6 Å². The maximum Gasteiger partial charge on any atom is 0.163 e. The van der Waals surface area contributed by atoms with Gasteiger partial charge in [0.15, 0.2) is 7.14 Å². The van der Waals surface area contributed by atoms with E-state index >= 15 is 0 Å². The minimum absolute atomic E-state index is 0.908. The fraction of sp³-hybridized carbons (Fsp3) is 0.300. The Kier molecular flexibility index (Phi) is 6.68. The van der Waals surface area contributed by atoms with Gasteiger partial charge in [-0.2, -0.15) is 0 Å². The van der Waals surface area contributed by atoms with Crippen molar-refractivity contribution in [1.82, 2.24) is 0 Å². The molecule has 1 nitrogen and oxygen atoms in total. The Labute approximate surface area is 134 Å². The highest BCUT2D eigenvalue weighted by Crippen LogP contribution is 2.45. The van der Waals surface area contributed by atoms with Crippen molar-refractivity contribution in [2.45, 2.75) is 39.0 Å². The largest absolute Gasteiger partial charge is 0.309 e. The Morgan fingerprint density at radius 1 is 0.818 bits per heavy atom. The third kappa shape index (κ3) is 4.45. The number of allylic oxidation sites excluding steroid dienone is 1. The molecular weight excluding hydrogens is 287 g/mol. The second-order valence-electron chi connectivity index (χ2n) is 5.56. The fourth-order valence-corrected chi connectivity index (χ4v) is 4.85. The average Bonchev–Trinajstić information content (AvgIpc) is 2.59. The molecule has 0 heterocycles. The number of unbranched alkanes of at least 4 members (excludes halogenated alkanes) is 4. The molecule has 116 valence electrons. The summed E-state index contributed by atoms with van der Waals surface area (Å²) in [5.74, 6) is 1.95. The molecule has 0 aliphatic carbocycles. The molecule has 0 bridgehead atoms. The van der Waals surface area contributed by atoms with Gasteiger partial charge in [0.25, 0.3) is 0 Å². The summed E-state index contributed by atoms with van der Waals surface area (Å²) in [4.78, 5) is 0. The zero-order valence-corrected chi connectivity index (χ0v) is 14.2. The Morgan fingerprint density at radius 3 is 1.86 bits per heavy atom. The van der Waals surface area contributed by atoms with E-state index < -0.39 is 7.14 Å². The maximum absolute atomic E-state index is 13.6. The van der Waals surface area contributed by atoms with Crippen LogP contribution >= 0.6 is 7.14 Å². The van der Waals surface area contributed by atoms with Crippen LogP contribution < -0.4 is 10.6 Å². The molecule has 0 atom stereocenters. The second kappa shape index (κ2) is 8.76. The molecule has 0 amide bonds. The first-order valence-corrected chi connectivity index (χ1v) is 9.93. The molecule has 2 aromatic carbocycles. The summed E-state index contributed by atoms with van der Waals surface area (Å²) in [5.41, 5.74) is 0. The SMILES string of the molecule is CCCCCCC=CP(=O)(c1ccccc1)c1ccccc1. The summed E-state index contributed by atoms with van der Waals surface area (Å²) in [5, 5.41) is 1.82. The monoisotopic (exact) mass is 312 g/mol. The Morgan fingerprint density at radius 2 is 1.36 bits per heavy atom. The van der Waals surface area contributed by atoms with Crippen molar-refractivity contribution in [1.29, 1.82) is 0 Å². The molecule has 2 rings (SSSR count). The lowest BCUT2D eigenvalue weighted by Crippen LogP contribution is -2.13. The Bertz CT molecular complexity index is 573. The molecule has 22 heavy (non-hydrogen) atoms. The summed E-state index contributed by atoms with van der Waals surface area (Å²) in [6.07, 6.45) is 8.06. The summed E-state index contributed by atoms with van der Waals surface area (Å²) < 4.78 is 13.6.